The van der Waals surface area contributed by atoms with Crippen molar-refractivity contribution in [2.45, 2.75) is 41.0 Å². The van der Waals surface area contributed by atoms with Crippen molar-refractivity contribution in [3.05, 3.63) is 39.5 Å². The van der Waals surface area contributed by atoms with Crippen LogP contribution >= 0.6 is 0 Å². The molecule has 0 fully saturated rings. The van der Waals surface area contributed by atoms with Crippen molar-refractivity contribution >= 4 is 17.7 Å². The largest absolute Gasteiger partial charge is 0.462 e. The van der Waals surface area contributed by atoms with Crippen molar-refractivity contribution in [3.63, 3.8) is 0 Å². The number of ketones is 1. The molecule has 0 aliphatic carbocycles. The fraction of sp³-hybridized carbons (Fsp3) is 0.444. The van der Waals surface area contributed by atoms with Crippen LogP contribution in [0.4, 0.5) is 0 Å². The van der Waals surface area contributed by atoms with Gasteiger partial charge in [-0.05, 0) is 34.1 Å². The number of aryl methyl sites for hydroxylation is 4. The fourth-order valence-electron chi connectivity index (χ4n) is 2.78. The highest BCUT2D eigenvalue weighted by atomic mass is 16.5. The van der Waals surface area contributed by atoms with E-state index in [0.717, 1.165) is 0 Å². The lowest BCUT2D eigenvalue weighted by molar-refractivity contribution is 0.0469. The average molecular weight is 362 g/mol. The van der Waals surface area contributed by atoms with Crippen molar-refractivity contribution in [3.8, 4) is 0 Å². The van der Waals surface area contributed by atoms with Gasteiger partial charge in [0.1, 0.15) is 11.3 Å². The molecule has 0 aliphatic heterocycles. The summed E-state index contributed by atoms with van der Waals surface area (Å²) >= 11 is 0. The molecule has 0 atom stereocenters. The molecule has 0 radical (unpaired) electrons. The van der Waals surface area contributed by atoms with E-state index in [1.807, 2.05) is 6.92 Å². The summed E-state index contributed by atoms with van der Waals surface area (Å²) in [5, 5.41) is 3.79. The molecular formula is C18H22N2O6. The minimum atomic E-state index is -0.684. The first-order valence-corrected chi connectivity index (χ1v) is 8.33. The lowest BCUT2D eigenvalue weighted by Gasteiger charge is -2.07. The van der Waals surface area contributed by atoms with E-state index in [2.05, 4.69) is 10.1 Å². The van der Waals surface area contributed by atoms with Crippen LogP contribution < -0.4 is 0 Å². The van der Waals surface area contributed by atoms with Gasteiger partial charge in [0, 0.05) is 11.4 Å². The van der Waals surface area contributed by atoms with Gasteiger partial charge in [0.25, 0.3) is 0 Å². The van der Waals surface area contributed by atoms with Crippen LogP contribution in [-0.2, 0) is 15.9 Å². The van der Waals surface area contributed by atoms with Crippen LogP contribution in [0.2, 0.25) is 0 Å². The molecule has 2 rings (SSSR count). The van der Waals surface area contributed by atoms with Crippen molar-refractivity contribution in [1.29, 1.82) is 0 Å². The Morgan fingerprint density at radius 1 is 0.962 bits per heavy atom. The second-order valence-electron chi connectivity index (χ2n) is 5.76. The molecule has 8 heteroatoms. The molecule has 0 spiro atoms. The topological polar surface area (TPSA) is 111 Å². The first-order valence-electron chi connectivity index (χ1n) is 8.33. The van der Waals surface area contributed by atoms with Gasteiger partial charge in [-0.15, -0.1) is 0 Å². The molecule has 0 aliphatic rings. The maximum atomic E-state index is 12.6. The molecule has 2 aromatic heterocycles. The molecule has 0 aromatic carbocycles. The maximum Gasteiger partial charge on any atom is 0.344 e. The van der Waals surface area contributed by atoms with Crippen molar-refractivity contribution in [2.24, 2.45) is 0 Å². The molecule has 0 amide bonds. The fourth-order valence-corrected chi connectivity index (χ4v) is 2.78. The number of nitrogens with zero attached hydrogens (tertiary/aromatic N) is 1. The normalized spacial score (nSPS) is 10.7. The van der Waals surface area contributed by atoms with E-state index in [-0.39, 0.29) is 23.3 Å². The van der Waals surface area contributed by atoms with Crippen LogP contribution in [0.25, 0.3) is 0 Å². The Morgan fingerprint density at radius 2 is 1.58 bits per heavy atom. The summed E-state index contributed by atoms with van der Waals surface area (Å²) in [6, 6.07) is 0. The Kier molecular flexibility index (Phi) is 5.97. The van der Waals surface area contributed by atoms with E-state index in [9.17, 15) is 14.4 Å². The van der Waals surface area contributed by atoms with Gasteiger partial charge in [-0.3, -0.25) is 4.79 Å². The highest BCUT2D eigenvalue weighted by Gasteiger charge is 2.27. The molecule has 0 saturated heterocycles. The zero-order chi connectivity index (χ0) is 19.4. The number of hydrogen-bond acceptors (Lipinski definition) is 7. The number of esters is 2. The van der Waals surface area contributed by atoms with Crippen LogP contribution in [-0.4, -0.2) is 41.1 Å². The molecule has 2 heterocycles. The molecular weight excluding hydrogens is 340 g/mol. The Labute approximate surface area is 150 Å². The molecule has 8 nitrogen and oxygen atoms in total. The Balaban J connectivity index is 2.19. The third-order valence-electron chi connectivity index (χ3n) is 3.94. The third-order valence-corrected chi connectivity index (χ3v) is 3.94. The zero-order valence-corrected chi connectivity index (χ0v) is 15.5. The number of carbonyl (C=O) groups excluding carboxylic acids is 3. The van der Waals surface area contributed by atoms with Crippen LogP contribution in [0.15, 0.2) is 4.52 Å². The number of rotatable bonds is 7. The number of carbonyl (C=O) groups is 3. The number of H-pyrrole nitrogens is 1. The van der Waals surface area contributed by atoms with Gasteiger partial charge in [0.15, 0.2) is 6.61 Å². The quantitative estimate of drug-likeness (QED) is 0.595. The number of hydrogen-bond donors (Lipinski definition) is 1. The van der Waals surface area contributed by atoms with E-state index in [4.69, 9.17) is 14.0 Å². The van der Waals surface area contributed by atoms with Crippen LogP contribution in [0.5, 0.6) is 0 Å². The van der Waals surface area contributed by atoms with Gasteiger partial charge < -0.3 is 19.0 Å². The summed E-state index contributed by atoms with van der Waals surface area (Å²) in [5.41, 5.74) is 2.09. The van der Waals surface area contributed by atoms with Gasteiger partial charge in [-0.2, -0.15) is 0 Å². The monoisotopic (exact) mass is 362 g/mol. The van der Waals surface area contributed by atoms with Gasteiger partial charge in [-0.1, -0.05) is 12.1 Å². The SMILES string of the molecule is CCOC(=O)c1c(C)[nH]c(C)c1C(=O)COC(=O)c1c(CC)noc1C. The van der Waals surface area contributed by atoms with Gasteiger partial charge in [0.05, 0.1) is 23.4 Å². The highest BCUT2D eigenvalue weighted by molar-refractivity contribution is 6.09. The summed E-state index contributed by atoms with van der Waals surface area (Å²) in [4.78, 5) is 39.9. The van der Waals surface area contributed by atoms with Crippen molar-refractivity contribution in [2.75, 3.05) is 13.2 Å². The van der Waals surface area contributed by atoms with Crippen LogP contribution in [0.3, 0.4) is 0 Å². The van der Waals surface area contributed by atoms with Gasteiger partial charge in [-0.25, -0.2) is 9.59 Å². The minimum Gasteiger partial charge on any atom is -0.462 e. The number of ether oxygens (including phenoxy) is 2. The summed E-state index contributed by atoms with van der Waals surface area (Å²) in [5.74, 6) is -1.43. The first kappa shape index (κ1) is 19.4. The predicted molar refractivity (Wildman–Crippen MR) is 91.5 cm³/mol. The molecule has 26 heavy (non-hydrogen) atoms. The molecule has 140 valence electrons. The highest BCUT2D eigenvalue weighted by Crippen LogP contribution is 2.21. The Bertz CT molecular complexity index is 846. The molecule has 1 N–H and O–H groups in total. The van der Waals surface area contributed by atoms with Gasteiger partial charge >= 0.3 is 11.9 Å². The lowest BCUT2D eigenvalue weighted by atomic mass is 10.1. The first-order chi connectivity index (χ1) is 12.3. The minimum absolute atomic E-state index is 0.167. The second-order valence-corrected chi connectivity index (χ2v) is 5.76. The third kappa shape index (κ3) is 3.68. The van der Waals surface area contributed by atoms with E-state index in [0.29, 0.717) is 29.3 Å². The molecule has 0 unspecified atom stereocenters. The van der Waals surface area contributed by atoms with E-state index in [1.54, 1.807) is 27.7 Å². The predicted octanol–water partition coefficient (Wildman–Crippen LogP) is 2.71. The summed E-state index contributed by atoms with van der Waals surface area (Å²) in [6.45, 7) is 8.15. The zero-order valence-electron chi connectivity index (χ0n) is 15.5. The van der Waals surface area contributed by atoms with E-state index < -0.39 is 24.3 Å². The van der Waals surface area contributed by atoms with Crippen molar-refractivity contribution < 1.29 is 28.4 Å². The Morgan fingerprint density at radius 3 is 2.19 bits per heavy atom. The summed E-state index contributed by atoms with van der Waals surface area (Å²) in [6.07, 6.45) is 0.499. The van der Waals surface area contributed by atoms with E-state index >= 15 is 0 Å². The van der Waals surface area contributed by atoms with Crippen LogP contribution in [0, 0.1) is 20.8 Å². The molecule has 0 saturated carbocycles. The standard InChI is InChI=1S/C18H22N2O6/c1-6-12-16(11(5)26-20-12)18(23)25-8-13(21)14-9(3)19-10(4)15(14)17(22)24-7-2/h19H,6-8H2,1-5H3. The molecule has 2 aromatic rings. The maximum absolute atomic E-state index is 12.6. The number of nitrogens with one attached hydrogen (secondary N) is 1. The lowest BCUT2D eigenvalue weighted by Crippen LogP contribution is -2.19. The molecule has 0 bridgehead atoms. The van der Waals surface area contributed by atoms with Gasteiger partial charge in [0.2, 0.25) is 5.78 Å². The second kappa shape index (κ2) is 7.99. The number of aromatic nitrogens is 2. The van der Waals surface area contributed by atoms with Crippen LogP contribution in [0.1, 0.15) is 67.8 Å². The summed E-state index contributed by atoms with van der Waals surface area (Å²) < 4.78 is 15.1. The Hall–Kier alpha value is -2.90. The number of aromatic amines is 1. The van der Waals surface area contributed by atoms with E-state index in [1.165, 1.54) is 0 Å². The number of Topliss-reactive ketones (excluding diaryl/α,β-unsaturated/α-hetero) is 1. The van der Waals surface area contributed by atoms with Crippen molar-refractivity contribution in [1.82, 2.24) is 10.1 Å². The average Bonchev–Trinajstić information content (AvgIpc) is 3.11. The smallest absolute Gasteiger partial charge is 0.344 e. The summed E-state index contributed by atoms with van der Waals surface area (Å²) in [7, 11) is 0.